The predicted octanol–water partition coefficient (Wildman–Crippen LogP) is 2.39. The van der Waals surface area contributed by atoms with Crippen molar-refractivity contribution in [3.63, 3.8) is 0 Å². The number of hydrogen-bond donors (Lipinski definition) is 2. The van der Waals surface area contributed by atoms with Crippen molar-refractivity contribution in [2.45, 2.75) is 13.0 Å². The molecule has 4 rings (SSSR count). The Morgan fingerprint density at radius 1 is 1.14 bits per heavy atom. The van der Waals surface area contributed by atoms with E-state index in [9.17, 15) is 9.59 Å². The highest BCUT2D eigenvalue weighted by atomic mass is 16.6. The average molecular weight is 383 g/mol. The van der Waals surface area contributed by atoms with Crippen LogP contribution in [0.2, 0.25) is 0 Å². The van der Waals surface area contributed by atoms with E-state index < -0.39 is 0 Å². The summed E-state index contributed by atoms with van der Waals surface area (Å²) in [6.45, 7) is 3.12. The van der Waals surface area contributed by atoms with Gasteiger partial charge in [0.25, 0.3) is 5.91 Å². The van der Waals surface area contributed by atoms with Crippen LogP contribution in [-0.4, -0.2) is 44.3 Å². The number of benzene rings is 2. The maximum atomic E-state index is 12.3. The van der Waals surface area contributed by atoms with Gasteiger partial charge in [0, 0.05) is 12.2 Å². The van der Waals surface area contributed by atoms with Gasteiger partial charge in [0.1, 0.15) is 12.4 Å². The number of amides is 3. The largest absolute Gasteiger partial charge is 0.486 e. The summed E-state index contributed by atoms with van der Waals surface area (Å²) in [7, 11) is 0. The molecule has 0 fully saturated rings. The highest BCUT2D eigenvalue weighted by molar-refractivity contribution is 5.99. The van der Waals surface area contributed by atoms with Crippen LogP contribution in [0.1, 0.15) is 6.92 Å². The fourth-order valence-electron chi connectivity index (χ4n) is 3.17. The number of rotatable bonds is 4. The third-order valence-electron chi connectivity index (χ3n) is 4.53. The lowest BCUT2D eigenvalue weighted by Gasteiger charge is -2.29. The molecule has 0 radical (unpaired) electrons. The van der Waals surface area contributed by atoms with Crippen LogP contribution in [-0.2, 0) is 4.79 Å². The zero-order chi connectivity index (χ0) is 19.5. The van der Waals surface area contributed by atoms with Gasteiger partial charge < -0.3 is 29.7 Å². The summed E-state index contributed by atoms with van der Waals surface area (Å²) in [4.78, 5) is 25.8. The van der Waals surface area contributed by atoms with Crippen LogP contribution in [0.3, 0.4) is 0 Å². The van der Waals surface area contributed by atoms with Crippen molar-refractivity contribution < 1.29 is 23.8 Å². The average Bonchev–Trinajstić information content (AvgIpc) is 2.72. The van der Waals surface area contributed by atoms with Crippen LogP contribution in [0.25, 0.3) is 0 Å². The lowest BCUT2D eigenvalue weighted by atomic mass is 10.2. The van der Waals surface area contributed by atoms with Crippen molar-refractivity contribution >= 4 is 23.3 Å². The van der Waals surface area contributed by atoms with Crippen LogP contribution in [0.5, 0.6) is 17.2 Å². The quantitative estimate of drug-likeness (QED) is 0.846. The Labute approximate surface area is 162 Å². The first-order valence-corrected chi connectivity index (χ1v) is 9.14. The van der Waals surface area contributed by atoms with Crippen LogP contribution >= 0.6 is 0 Å². The molecule has 1 atom stereocenters. The van der Waals surface area contributed by atoms with Gasteiger partial charge in [0.15, 0.2) is 24.2 Å². The normalized spacial score (nSPS) is 17.4. The summed E-state index contributed by atoms with van der Waals surface area (Å²) in [6.07, 6.45) is -0.272. The minimum Gasteiger partial charge on any atom is -0.486 e. The van der Waals surface area contributed by atoms with Gasteiger partial charge in [0.2, 0.25) is 0 Å². The Hall–Kier alpha value is -3.42. The number of anilines is 2. The topological polar surface area (TPSA) is 89.1 Å². The van der Waals surface area contributed by atoms with Gasteiger partial charge >= 0.3 is 6.03 Å². The zero-order valence-electron chi connectivity index (χ0n) is 15.4. The number of hydrogen-bond acceptors (Lipinski definition) is 5. The number of likely N-dealkylation sites (N-methyl/N-ethyl adjacent to an activating group) is 1. The van der Waals surface area contributed by atoms with Crippen LogP contribution in [0.4, 0.5) is 16.2 Å². The summed E-state index contributed by atoms with van der Waals surface area (Å²) in [6, 6.07) is 12.3. The summed E-state index contributed by atoms with van der Waals surface area (Å²) >= 11 is 0. The molecule has 0 saturated heterocycles. The van der Waals surface area contributed by atoms with Gasteiger partial charge in [0.05, 0.1) is 12.2 Å². The van der Waals surface area contributed by atoms with Crippen LogP contribution < -0.4 is 29.7 Å². The molecule has 2 aromatic rings. The number of urea groups is 1. The van der Waals surface area contributed by atoms with E-state index in [0.717, 1.165) is 0 Å². The molecule has 0 unspecified atom stereocenters. The molecule has 2 aliphatic heterocycles. The van der Waals surface area contributed by atoms with E-state index in [1.807, 2.05) is 31.2 Å². The molecule has 0 aliphatic carbocycles. The molecule has 0 aromatic heterocycles. The molecule has 0 spiro atoms. The Morgan fingerprint density at radius 3 is 2.79 bits per heavy atom. The molecule has 8 heteroatoms. The fraction of sp³-hybridized carbons (Fsp3) is 0.300. The summed E-state index contributed by atoms with van der Waals surface area (Å²) in [5.41, 5.74) is 1.22. The van der Waals surface area contributed by atoms with Crippen molar-refractivity contribution in [1.29, 1.82) is 0 Å². The lowest BCUT2D eigenvalue weighted by Crippen LogP contribution is -2.42. The second kappa shape index (κ2) is 7.67. The molecular formula is C20H21N3O5. The molecule has 146 valence electrons. The molecule has 2 aliphatic rings. The Morgan fingerprint density at radius 2 is 1.96 bits per heavy atom. The van der Waals surface area contributed by atoms with Gasteiger partial charge in [-0.15, -0.1) is 0 Å². The van der Waals surface area contributed by atoms with E-state index in [-0.39, 0.29) is 24.6 Å². The third-order valence-corrected chi connectivity index (χ3v) is 4.53. The predicted molar refractivity (Wildman–Crippen MR) is 103 cm³/mol. The van der Waals surface area contributed by atoms with E-state index >= 15 is 0 Å². The third kappa shape index (κ3) is 3.66. The van der Waals surface area contributed by atoms with Gasteiger partial charge in [-0.3, -0.25) is 4.79 Å². The number of nitrogens with one attached hydrogen (secondary N) is 2. The van der Waals surface area contributed by atoms with E-state index in [1.165, 1.54) is 0 Å². The Bertz CT molecular complexity index is 901. The highest BCUT2D eigenvalue weighted by Crippen LogP contribution is 2.34. The number of nitrogens with zero attached hydrogens (tertiary/aromatic N) is 1. The van der Waals surface area contributed by atoms with Crippen molar-refractivity contribution in [2.75, 3.05) is 36.5 Å². The van der Waals surface area contributed by atoms with Crippen molar-refractivity contribution in [3.8, 4) is 17.2 Å². The van der Waals surface area contributed by atoms with Crippen molar-refractivity contribution in [2.24, 2.45) is 0 Å². The van der Waals surface area contributed by atoms with Gasteiger partial charge in [-0.25, -0.2) is 4.79 Å². The number of fused-ring (bicyclic) bond motifs is 2. The van der Waals surface area contributed by atoms with Crippen molar-refractivity contribution in [3.05, 3.63) is 42.5 Å². The number of para-hydroxylation sites is 2. The minimum absolute atomic E-state index is 0.0285. The van der Waals surface area contributed by atoms with E-state index in [2.05, 4.69) is 10.6 Å². The molecule has 2 aromatic carbocycles. The smallest absolute Gasteiger partial charge is 0.319 e. The van der Waals surface area contributed by atoms with E-state index in [1.54, 1.807) is 23.1 Å². The first kappa shape index (κ1) is 18.0. The molecule has 3 amide bonds. The van der Waals surface area contributed by atoms with Gasteiger partial charge in [-0.05, 0) is 37.3 Å². The van der Waals surface area contributed by atoms with Gasteiger partial charge in [-0.2, -0.15) is 0 Å². The molecule has 2 N–H and O–H groups in total. The molecular weight excluding hydrogens is 362 g/mol. The molecule has 0 saturated carbocycles. The molecule has 2 heterocycles. The van der Waals surface area contributed by atoms with Gasteiger partial charge in [-0.1, -0.05) is 12.1 Å². The number of carbonyl (C=O) groups is 2. The minimum atomic E-state index is -0.367. The molecule has 8 nitrogen and oxygen atoms in total. The second-order valence-electron chi connectivity index (χ2n) is 6.44. The zero-order valence-corrected chi connectivity index (χ0v) is 15.4. The first-order chi connectivity index (χ1) is 13.6. The van der Waals surface area contributed by atoms with E-state index in [4.69, 9.17) is 14.2 Å². The number of carbonyl (C=O) groups excluding carboxylic acids is 2. The standard InChI is InChI=1S/C20H21N3O5/c1-2-23-15-9-13(7-8-16(15)27-12-19(23)24)22-20(25)21-10-14-11-26-17-5-3-4-6-18(17)28-14/h3-9,14H,2,10-12H2,1H3,(H2,21,22,25)/t14-/m0/s1. The maximum Gasteiger partial charge on any atom is 0.319 e. The summed E-state index contributed by atoms with van der Waals surface area (Å²) in [5, 5.41) is 5.55. The lowest BCUT2D eigenvalue weighted by molar-refractivity contribution is -0.121. The SMILES string of the molecule is CCN1C(=O)COc2ccc(NC(=O)NC[C@H]3COc4ccccc4O3)cc21. The first-order valence-electron chi connectivity index (χ1n) is 9.14. The second-order valence-corrected chi connectivity index (χ2v) is 6.44. The Kier molecular flexibility index (Phi) is 4.92. The highest BCUT2D eigenvalue weighted by Gasteiger charge is 2.25. The van der Waals surface area contributed by atoms with Crippen molar-refractivity contribution in [1.82, 2.24) is 5.32 Å². The van der Waals surface area contributed by atoms with E-state index in [0.29, 0.717) is 48.3 Å². The Balaban J connectivity index is 1.35. The number of ether oxygens (including phenoxy) is 3. The molecule has 0 bridgehead atoms. The van der Waals surface area contributed by atoms with Crippen LogP contribution in [0.15, 0.2) is 42.5 Å². The monoisotopic (exact) mass is 383 g/mol. The van der Waals surface area contributed by atoms with Crippen LogP contribution in [0, 0.1) is 0 Å². The summed E-state index contributed by atoms with van der Waals surface area (Å²) in [5.74, 6) is 1.89. The summed E-state index contributed by atoms with van der Waals surface area (Å²) < 4.78 is 16.9. The molecule has 28 heavy (non-hydrogen) atoms. The fourth-order valence-corrected chi connectivity index (χ4v) is 3.17. The maximum absolute atomic E-state index is 12.3.